The molecule has 0 radical (unpaired) electrons. The van der Waals surface area contributed by atoms with Gasteiger partial charge >= 0.3 is 0 Å². The van der Waals surface area contributed by atoms with Crippen LogP contribution in [0.25, 0.3) is 124 Å². The Bertz CT molecular complexity index is 3720. The van der Waals surface area contributed by atoms with Gasteiger partial charge in [0.1, 0.15) is 11.2 Å². The van der Waals surface area contributed by atoms with E-state index in [2.05, 4.69) is 188 Å². The van der Waals surface area contributed by atoms with E-state index in [4.69, 9.17) is 4.42 Å². The zero-order chi connectivity index (χ0) is 39.3. The van der Waals surface area contributed by atoms with Crippen LogP contribution in [-0.4, -0.2) is 0 Å². The molecule has 0 fully saturated rings. The molecule has 0 N–H and O–H groups in total. The Kier molecular flexibility index (Phi) is 7.37. The monoisotopic (exact) mass is 780 g/mol. The van der Waals surface area contributed by atoms with Crippen molar-refractivity contribution in [3.63, 3.8) is 0 Å². The largest absolute Gasteiger partial charge is 0.456 e. The molecule has 2 heteroatoms. The predicted octanol–water partition coefficient (Wildman–Crippen LogP) is 17.3. The second-order valence-corrected chi connectivity index (χ2v) is 17.2. The van der Waals surface area contributed by atoms with E-state index in [1.165, 1.54) is 108 Å². The summed E-state index contributed by atoms with van der Waals surface area (Å²) in [6.45, 7) is 0. The van der Waals surface area contributed by atoms with Gasteiger partial charge < -0.3 is 4.42 Å². The van der Waals surface area contributed by atoms with Crippen LogP contribution in [0.5, 0.6) is 0 Å². The molecule has 0 aliphatic heterocycles. The number of allylic oxidation sites excluding steroid dienone is 4. The summed E-state index contributed by atoms with van der Waals surface area (Å²) >= 11 is 1.90. The Morgan fingerprint density at radius 3 is 1.48 bits per heavy atom. The summed E-state index contributed by atoms with van der Waals surface area (Å²) in [5, 5.41) is 15.1. The van der Waals surface area contributed by atoms with Crippen molar-refractivity contribution >= 4 is 102 Å². The fourth-order valence-corrected chi connectivity index (χ4v) is 11.6. The van der Waals surface area contributed by atoms with E-state index >= 15 is 0 Å². The summed E-state index contributed by atoms with van der Waals surface area (Å²) in [6, 6.07) is 65.0. The molecule has 10 aromatic carbocycles. The van der Waals surface area contributed by atoms with Crippen molar-refractivity contribution in [3.05, 3.63) is 200 Å². The van der Waals surface area contributed by atoms with Crippen LogP contribution in [0.3, 0.4) is 0 Å². The lowest BCUT2D eigenvalue weighted by molar-refractivity contribution is 0.669. The van der Waals surface area contributed by atoms with Gasteiger partial charge in [-0.15, -0.1) is 11.3 Å². The number of para-hydroxylation sites is 1. The molecular weight excluding hydrogens is 745 g/mol. The number of hydrogen-bond acceptors (Lipinski definition) is 2. The Labute approximate surface area is 350 Å². The minimum absolute atomic E-state index is 0.913. The van der Waals surface area contributed by atoms with Gasteiger partial charge in [-0.3, -0.25) is 0 Å². The molecule has 1 aliphatic carbocycles. The molecule has 0 saturated carbocycles. The van der Waals surface area contributed by atoms with Crippen molar-refractivity contribution < 1.29 is 4.42 Å². The molecule has 0 spiro atoms. The molecule has 60 heavy (non-hydrogen) atoms. The minimum atomic E-state index is 0.913. The van der Waals surface area contributed by atoms with Crippen LogP contribution in [0.1, 0.15) is 18.4 Å². The van der Waals surface area contributed by atoms with Crippen molar-refractivity contribution in [1.29, 1.82) is 0 Å². The summed E-state index contributed by atoms with van der Waals surface area (Å²) in [6.07, 6.45) is 9.24. The first-order valence-corrected chi connectivity index (χ1v) is 21.7. The number of hydrogen-bond donors (Lipinski definition) is 0. The Hall–Kier alpha value is -7.26. The third kappa shape index (κ3) is 4.86. The number of rotatable bonds is 4. The van der Waals surface area contributed by atoms with Gasteiger partial charge in [0, 0.05) is 30.9 Å². The second-order valence-electron chi connectivity index (χ2n) is 16.1. The molecule has 0 amide bonds. The fraction of sp³-hybridized carbons (Fsp3) is 0.0345. The first kappa shape index (κ1) is 33.7. The van der Waals surface area contributed by atoms with Gasteiger partial charge in [0.05, 0.1) is 0 Å². The molecule has 1 aliphatic rings. The van der Waals surface area contributed by atoms with Crippen LogP contribution in [0.2, 0.25) is 0 Å². The van der Waals surface area contributed by atoms with Crippen LogP contribution in [0.4, 0.5) is 0 Å². The van der Waals surface area contributed by atoms with Gasteiger partial charge in [-0.1, -0.05) is 170 Å². The smallest absolute Gasteiger partial charge is 0.136 e. The lowest BCUT2D eigenvalue weighted by atomic mass is 9.83. The molecule has 2 heterocycles. The maximum absolute atomic E-state index is 6.40. The van der Waals surface area contributed by atoms with Crippen molar-refractivity contribution in [1.82, 2.24) is 0 Å². The highest BCUT2D eigenvalue weighted by Gasteiger charge is 2.23. The summed E-state index contributed by atoms with van der Waals surface area (Å²) in [4.78, 5) is 0. The van der Waals surface area contributed by atoms with Crippen LogP contribution in [-0.2, 0) is 0 Å². The first-order valence-electron chi connectivity index (χ1n) is 20.9. The molecule has 0 saturated heterocycles. The maximum Gasteiger partial charge on any atom is 0.136 e. The lowest BCUT2D eigenvalue weighted by Gasteiger charge is -2.19. The standard InChI is InChI=1S/C58H36OS/c1-2-16-35(17-3-1)53-37-18-4-8-22-41(37)56(42-23-9-5-19-38(42)53)48-28-15-31-51-58(48)46-33-32-36(34-52(46)60-51)54-39-20-6-10-24-43(39)55(44-25-11-7-21-40(44)54)47-27-14-30-50-57(47)45-26-12-13-29-49(45)59-50/h2,4-34H,1,3H2. The van der Waals surface area contributed by atoms with Gasteiger partial charge in [0.2, 0.25) is 0 Å². The third-order valence-corrected chi connectivity index (χ3v) is 14.0. The maximum atomic E-state index is 6.40. The van der Waals surface area contributed by atoms with E-state index < -0.39 is 0 Å². The fourth-order valence-electron chi connectivity index (χ4n) is 10.4. The molecule has 280 valence electrons. The zero-order valence-electron chi connectivity index (χ0n) is 32.7. The highest BCUT2D eigenvalue weighted by atomic mass is 32.1. The number of furan rings is 1. The Balaban J connectivity index is 1.06. The number of benzene rings is 10. The van der Waals surface area contributed by atoms with Gasteiger partial charge in [0.25, 0.3) is 0 Å². The topological polar surface area (TPSA) is 13.1 Å². The average molecular weight is 781 g/mol. The molecule has 13 rings (SSSR count). The molecule has 12 aromatic rings. The third-order valence-electron chi connectivity index (χ3n) is 12.9. The Morgan fingerprint density at radius 1 is 0.367 bits per heavy atom. The van der Waals surface area contributed by atoms with E-state index in [-0.39, 0.29) is 0 Å². The highest BCUT2D eigenvalue weighted by Crippen LogP contribution is 2.50. The summed E-state index contributed by atoms with van der Waals surface area (Å²) in [5.41, 5.74) is 12.0. The van der Waals surface area contributed by atoms with Gasteiger partial charge in [0.15, 0.2) is 0 Å². The number of fused-ring (bicyclic) bond motifs is 10. The summed E-state index contributed by atoms with van der Waals surface area (Å²) in [7, 11) is 0. The first-order chi connectivity index (χ1) is 29.8. The SMILES string of the molecule is C1=CC(c2c3ccccc3c(-c3cccc4sc5cc(-c6c7ccccc7c(-c7cccc8oc9ccccc9c78)c7ccccc67)ccc5c34)c3ccccc23)=CCC1. The normalized spacial score (nSPS) is 13.2. The predicted molar refractivity (Wildman–Crippen MR) is 259 cm³/mol. The molecule has 0 unspecified atom stereocenters. The summed E-state index contributed by atoms with van der Waals surface area (Å²) in [5.74, 6) is 0. The molecular formula is C58H36OS. The Morgan fingerprint density at radius 2 is 0.883 bits per heavy atom. The highest BCUT2D eigenvalue weighted by molar-refractivity contribution is 7.26. The van der Waals surface area contributed by atoms with Crippen LogP contribution >= 0.6 is 11.3 Å². The second kappa shape index (κ2) is 13.1. The van der Waals surface area contributed by atoms with Crippen LogP contribution in [0, 0.1) is 0 Å². The van der Waals surface area contributed by atoms with E-state index in [1.54, 1.807) is 0 Å². The van der Waals surface area contributed by atoms with Crippen molar-refractivity contribution in [3.8, 4) is 33.4 Å². The van der Waals surface area contributed by atoms with Crippen molar-refractivity contribution in [2.24, 2.45) is 0 Å². The van der Waals surface area contributed by atoms with Gasteiger partial charge in [-0.2, -0.15) is 0 Å². The lowest BCUT2D eigenvalue weighted by Crippen LogP contribution is -1.94. The van der Waals surface area contributed by atoms with Crippen molar-refractivity contribution in [2.75, 3.05) is 0 Å². The van der Waals surface area contributed by atoms with Crippen LogP contribution in [0.15, 0.2) is 199 Å². The quantitative estimate of drug-likeness (QED) is 0.162. The molecule has 2 aromatic heterocycles. The molecule has 1 nitrogen and oxygen atoms in total. The number of thiophene rings is 1. The van der Waals surface area contributed by atoms with Crippen molar-refractivity contribution in [2.45, 2.75) is 12.8 Å². The molecule has 0 atom stereocenters. The van der Waals surface area contributed by atoms with Gasteiger partial charge in [-0.25, -0.2) is 0 Å². The van der Waals surface area contributed by atoms with E-state index in [9.17, 15) is 0 Å². The van der Waals surface area contributed by atoms with E-state index in [1.807, 2.05) is 17.4 Å². The molecule has 0 bridgehead atoms. The van der Waals surface area contributed by atoms with E-state index in [0.717, 1.165) is 34.8 Å². The summed E-state index contributed by atoms with van der Waals surface area (Å²) < 4.78 is 9.00. The van der Waals surface area contributed by atoms with Gasteiger partial charge in [-0.05, 0) is 125 Å². The average Bonchev–Trinajstić information content (AvgIpc) is 3.89. The zero-order valence-corrected chi connectivity index (χ0v) is 33.5. The van der Waals surface area contributed by atoms with E-state index in [0.29, 0.717) is 0 Å². The minimum Gasteiger partial charge on any atom is -0.456 e. The van der Waals surface area contributed by atoms with Crippen LogP contribution < -0.4 is 0 Å².